The molecular formula is C23H27N3O3. The average Bonchev–Trinajstić information content (AvgIpc) is 2.73. The molecule has 0 bridgehead atoms. The number of benzene rings is 1. The average molecular weight is 393 g/mol. The number of Topliss-reactive ketones (excluding diaryl/α,β-unsaturated/α-hetero) is 1. The maximum absolute atomic E-state index is 12.9. The first-order valence-electron chi connectivity index (χ1n) is 10.0. The van der Waals surface area contributed by atoms with Crippen molar-refractivity contribution in [2.45, 2.75) is 33.1 Å². The molecule has 0 radical (unpaired) electrons. The number of hydrogen-bond donors (Lipinski definition) is 1. The summed E-state index contributed by atoms with van der Waals surface area (Å²) in [5, 5.41) is 0. The number of piperidine rings is 1. The van der Waals surface area contributed by atoms with Gasteiger partial charge in [-0.25, -0.2) is 0 Å². The predicted molar refractivity (Wildman–Crippen MR) is 111 cm³/mol. The third-order valence-corrected chi connectivity index (χ3v) is 5.25. The Kier molecular flexibility index (Phi) is 6.42. The fraction of sp³-hybridized carbons (Fsp3) is 0.391. The van der Waals surface area contributed by atoms with Crippen LogP contribution in [0.3, 0.4) is 0 Å². The zero-order chi connectivity index (χ0) is 21.0. The molecular weight excluding hydrogens is 366 g/mol. The number of primary amides is 1. The number of ketones is 1. The summed E-state index contributed by atoms with van der Waals surface area (Å²) in [6, 6.07) is 10.4. The Morgan fingerprint density at radius 3 is 2.38 bits per heavy atom. The number of carbonyl (C=O) groups excluding carboxylic acids is 3. The molecule has 29 heavy (non-hydrogen) atoms. The first-order chi connectivity index (χ1) is 13.8. The van der Waals surface area contributed by atoms with E-state index < -0.39 is 5.91 Å². The van der Waals surface area contributed by atoms with Crippen molar-refractivity contribution >= 4 is 17.6 Å². The molecule has 1 saturated heterocycles. The van der Waals surface area contributed by atoms with Crippen LogP contribution in [0.2, 0.25) is 0 Å². The fourth-order valence-corrected chi connectivity index (χ4v) is 3.67. The molecule has 1 aromatic carbocycles. The maximum Gasteiger partial charge on any atom is 0.255 e. The van der Waals surface area contributed by atoms with Crippen molar-refractivity contribution < 1.29 is 14.4 Å². The quantitative estimate of drug-likeness (QED) is 0.815. The van der Waals surface area contributed by atoms with Crippen molar-refractivity contribution in [3.05, 3.63) is 53.7 Å². The molecule has 2 N–H and O–H groups in total. The Balaban J connectivity index is 1.68. The summed E-state index contributed by atoms with van der Waals surface area (Å²) in [5.74, 6) is -0.0359. The van der Waals surface area contributed by atoms with Crippen LogP contribution in [0.4, 0.5) is 0 Å². The lowest BCUT2D eigenvalue weighted by atomic mass is 9.89. The van der Waals surface area contributed by atoms with E-state index in [1.165, 1.54) is 0 Å². The highest BCUT2D eigenvalue weighted by molar-refractivity contribution is 5.95. The Bertz CT molecular complexity index is 889. The van der Waals surface area contributed by atoms with Gasteiger partial charge in [0.05, 0.1) is 11.3 Å². The van der Waals surface area contributed by atoms with E-state index in [0.29, 0.717) is 42.2 Å². The largest absolute Gasteiger partial charge is 0.366 e. The van der Waals surface area contributed by atoms with Crippen molar-refractivity contribution in [3.63, 3.8) is 0 Å². The maximum atomic E-state index is 12.9. The number of carbonyl (C=O) groups is 3. The van der Waals surface area contributed by atoms with E-state index in [-0.39, 0.29) is 17.6 Å². The van der Waals surface area contributed by atoms with Gasteiger partial charge in [-0.15, -0.1) is 0 Å². The molecule has 6 heteroatoms. The Morgan fingerprint density at radius 2 is 1.79 bits per heavy atom. The number of amides is 2. The highest BCUT2D eigenvalue weighted by Gasteiger charge is 2.29. The number of nitrogens with zero attached hydrogens (tertiary/aromatic N) is 2. The molecule has 1 aliphatic heterocycles. The molecule has 0 saturated carbocycles. The second kappa shape index (κ2) is 8.99. The second-order valence-electron chi connectivity index (χ2n) is 8.03. The van der Waals surface area contributed by atoms with Gasteiger partial charge in [0.1, 0.15) is 5.78 Å². The van der Waals surface area contributed by atoms with Crippen molar-refractivity contribution in [2.75, 3.05) is 13.1 Å². The Labute approximate surface area is 171 Å². The van der Waals surface area contributed by atoms with Gasteiger partial charge in [-0.05, 0) is 43.0 Å². The lowest BCUT2D eigenvalue weighted by Crippen LogP contribution is -2.42. The van der Waals surface area contributed by atoms with Crippen LogP contribution < -0.4 is 5.73 Å². The summed E-state index contributed by atoms with van der Waals surface area (Å²) in [5.41, 5.74) is 7.76. The SMILES string of the molecule is CC(C)CC(=O)[C@H]1CCCN(C(=O)c2ccc(-c3ccc(C(N)=O)cc3)nc2)C1. The van der Waals surface area contributed by atoms with Crippen LogP contribution in [-0.4, -0.2) is 40.6 Å². The van der Waals surface area contributed by atoms with Crippen molar-refractivity contribution in [3.8, 4) is 11.3 Å². The van der Waals surface area contributed by atoms with Crippen LogP contribution >= 0.6 is 0 Å². The van der Waals surface area contributed by atoms with Gasteiger partial charge >= 0.3 is 0 Å². The lowest BCUT2D eigenvalue weighted by molar-refractivity contribution is -0.124. The van der Waals surface area contributed by atoms with Gasteiger partial charge in [-0.2, -0.15) is 0 Å². The zero-order valence-corrected chi connectivity index (χ0v) is 16.9. The molecule has 0 spiro atoms. The summed E-state index contributed by atoms with van der Waals surface area (Å²) in [7, 11) is 0. The van der Waals surface area contributed by atoms with Gasteiger partial charge in [0.2, 0.25) is 5.91 Å². The Hall–Kier alpha value is -3.02. The van der Waals surface area contributed by atoms with E-state index in [1.54, 1.807) is 47.5 Å². The van der Waals surface area contributed by atoms with E-state index in [2.05, 4.69) is 4.98 Å². The van der Waals surface area contributed by atoms with E-state index >= 15 is 0 Å². The topological polar surface area (TPSA) is 93.4 Å². The minimum Gasteiger partial charge on any atom is -0.366 e. The van der Waals surface area contributed by atoms with Crippen LogP contribution in [-0.2, 0) is 4.79 Å². The van der Waals surface area contributed by atoms with Gasteiger partial charge in [-0.1, -0.05) is 26.0 Å². The third-order valence-electron chi connectivity index (χ3n) is 5.25. The van der Waals surface area contributed by atoms with Gasteiger partial charge in [0, 0.05) is 42.8 Å². The molecule has 2 heterocycles. The smallest absolute Gasteiger partial charge is 0.255 e. The van der Waals surface area contributed by atoms with Crippen LogP contribution in [0.25, 0.3) is 11.3 Å². The standard InChI is InChI=1S/C23H27N3O3/c1-15(2)12-21(27)19-4-3-11-26(14-19)23(29)18-9-10-20(25-13-18)16-5-7-17(8-6-16)22(24)28/h5-10,13,15,19H,3-4,11-12,14H2,1-2H3,(H2,24,28)/t19-/m0/s1. The molecule has 1 atom stereocenters. The number of aromatic nitrogens is 1. The highest BCUT2D eigenvalue weighted by Crippen LogP contribution is 2.23. The molecule has 0 unspecified atom stereocenters. The number of pyridine rings is 1. The first-order valence-corrected chi connectivity index (χ1v) is 10.0. The minimum absolute atomic E-state index is 0.0638. The molecule has 1 fully saturated rings. The van der Waals surface area contributed by atoms with Gasteiger partial charge in [0.25, 0.3) is 5.91 Å². The summed E-state index contributed by atoms with van der Waals surface area (Å²) >= 11 is 0. The van der Waals surface area contributed by atoms with Crippen LogP contribution in [0.15, 0.2) is 42.6 Å². The molecule has 3 rings (SSSR count). The van der Waals surface area contributed by atoms with Crippen LogP contribution in [0, 0.1) is 11.8 Å². The third kappa shape index (κ3) is 5.08. The molecule has 2 amide bonds. The van der Waals surface area contributed by atoms with Crippen LogP contribution in [0.1, 0.15) is 53.8 Å². The monoisotopic (exact) mass is 393 g/mol. The van der Waals surface area contributed by atoms with Crippen molar-refractivity contribution in [1.29, 1.82) is 0 Å². The number of rotatable bonds is 6. The van der Waals surface area contributed by atoms with E-state index in [0.717, 1.165) is 18.4 Å². The molecule has 0 aliphatic carbocycles. The van der Waals surface area contributed by atoms with E-state index in [1.807, 2.05) is 13.8 Å². The number of hydrogen-bond acceptors (Lipinski definition) is 4. The predicted octanol–water partition coefficient (Wildman–Crippen LogP) is 3.31. The first kappa shape index (κ1) is 20.7. The highest BCUT2D eigenvalue weighted by atomic mass is 16.2. The molecule has 1 aromatic heterocycles. The molecule has 1 aliphatic rings. The van der Waals surface area contributed by atoms with E-state index in [4.69, 9.17) is 5.73 Å². The van der Waals surface area contributed by atoms with E-state index in [9.17, 15) is 14.4 Å². The second-order valence-corrected chi connectivity index (χ2v) is 8.03. The summed E-state index contributed by atoms with van der Waals surface area (Å²) in [6.07, 6.45) is 3.84. The lowest BCUT2D eigenvalue weighted by Gasteiger charge is -2.32. The summed E-state index contributed by atoms with van der Waals surface area (Å²) in [6.45, 7) is 5.23. The summed E-state index contributed by atoms with van der Waals surface area (Å²) < 4.78 is 0. The molecule has 152 valence electrons. The fourth-order valence-electron chi connectivity index (χ4n) is 3.67. The van der Waals surface area contributed by atoms with Gasteiger partial charge in [-0.3, -0.25) is 19.4 Å². The molecule has 6 nitrogen and oxygen atoms in total. The molecule has 2 aromatic rings. The number of nitrogens with two attached hydrogens (primary N) is 1. The van der Waals surface area contributed by atoms with Gasteiger partial charge < -0.3 is 10.6 Å². The van der Waals surface area contributed by atoms with Crippen molar-refractivity contribution in [1.82, 2.24) is 9.88 Å². The summed E-state index contributed by atoms with van der Waals surface area (Å²) in [4.78, 5) is 42.6. The Morgan fingerprint density at radius 1 is 1.10 bits per heavy atom. The number of likely N-dealkylation sites (tertiary alicyclic amines) is 1. The van der Waals surface area contributed by atoms with Gasteiger partial charge in [0.15, 0.2) is 0 Å². The minimum atomic E-state index is -0.475. The normalized spacial score (nSPS) is 16.7. The van der Waals surface area contributed by atoms with Crippen LogP contribution in [0.5, 0.6) is 0 Å². The zero-order valence-electron chi connectivity index (χ0n) is 16.9. The van der Waals surface area contributed by atoms with Crippen molar-refractivity contribution in [2.24, 2.45) is 17.6 Å².